The van der Waals surface area contributed by atoms with E-state index in [0.29, 0.717) is 5.56 Å². The van der Waals surface area contributed by atoms with Gasteiger partial charge in [0.15, 0.2) is 0 Å². The van der Waals surface area contributed by atoms with Crippen molar-refractivity contribution in [3.8, 4) is 5.75 Å². The number of halogens is 1. The molecule has 0 bridgehead atoms. The summed E-state index contributed by atoms with van der Waals surface area (Å²) in [6.45, 7) is 1.54. The number of aryl methyl sites for hydroxylation is 1. The normalized spacial score (nSPS) is 10.2. The molecule has 5 nitrogen and oxygen atoms in total. The fourth-order valence-corrected chi connectivity index (χ4v) is 1.78. The van der Waals surface area contributed by atoms with Crippen molar-refractivity contribution in [2.24, 2.45) is 0 Å². The average Bonchev–Trinajstić information content (AvgIpc) is 2.41. The van der Waals surface area contributed by atoms with Crippen LogP contribution in [0, 0.1) is 12.7 Å². The number of nitrogens with one attached hydrogen (secondary N) is 1. The lowest BCUT2D eigenvalue weighted by Gasteiger charge is -2.08. The number of hydrogen-bond donors (Lipinski definition) is 3. The molecule has 3 N–H and O–H groups in total. The van der Waals surface area contributed by atoms with Gasteiger partial charge in [-0.3, -0.25) is 4.79 Å². The predicted octanol–water partition coefficient (Wildman–Crippen LogP) is 2.79. The molecule has 108 valence electrons. The van der Waals surface area contributed by atoms with Crippen LogP contribution in [0.15, 0.2) is 36.4 Å². The summed E-state index contributed by atoms with van der Waals surface area (Å²) >= 11 is 0. The summed E-state index contributed by atoms with van der Waals surface area (Å²) in [5, 5.41) is 20.8. The van der Waals surface area contributed by atoms with Crippen molar-refractivity contribution in [3.05, 3.63) is 58.9 Å². The third-order valence-electron chi connectivity index (χ3n) is 2.91. The molecule has 0 aliphatic rings. The highest BCUT2D eigenvalue weighted by Crippen LogP contribution is 2.22. The van der Waals surface area contributed by atoms with E-state index in [-0.39, 0.29) is 16.8 Å². The van der Waals surface area contributed by atoms with E-state index < -0.39 is 23.4 Å². The van der Waals surface area contributed by atoms with Crippen LogP contribution >= 0.6 is 0 Å². The number of aromatic carboxylic acids is 1. The molecular formula is C15H12FNO4. The number of aromatic hydroxyl groups is 1. The predicted molar refractivity (Wildman–Crippen MR) is 74.2 cm³/mol. The van der Waals surface area contributed by atoms with Crippen LogP contribution in [0.25, 0.3) is 0 Å². The zero-order valence-electron chi connectivity index (χ0n) is 11.1. The first-order valence-electron chi connectivity index (χ1n) is 6.02. The number of carbonyl (C=O) groups excluding carboxylic acids is 1. The maximum Gasteiger partial charge on any atom is 0.339 e. The second kappa shape index (κ2) is 5.62. The molecule has 0 atom stereocenters. The van der Waals surface area contributed by atoms with E-state index in [0.717, 1.165) is 6.07 Å². The number of carbonyl (C=O) groups is 2. The van der Waals surface area contributed by atoms with Crippen LogP contribution in [0.1, 0.15) is 26.3 Å². The van der Waals surface area contributed by atoms with Crippen LogP contribution in [0.4, 0.5) is 10.1 Å². The van der Waals surface area contributed by atoms with Gasteiger partial charge in [-0.1, -0.05) is 0 Å². The molecule has 0 aliphatic heterocycles. The number of carboxylic acid groups (broad SMARTS) is 1. The molecule has 2 rings (SSSR count). The van der Waals surface area contributed by atoms with Gasteiger partial charge in [0.1, 0.15) is 17.1 Å². The van der Waals surface area contributed by atoms with Gasteiger partial charge < -0.3 is 15.5 Å². The Morgan fingerprint density at radius 3 is 2.43 bits per heavy atom. The molecule has 0 fully saturated rings. The fraction of sp³-hybridized carbons (Fsp3) is 0.0667. The van der Waals surface area contributed by atoms with Crippen molar-refractivity contribution in [1.29, 1.82) is 0 Å². The van der Waals surface area contributed by atoms with E-state index in [2.05, 4.69) is 5.32 Å². The van der Waals surface area contributed by atoms with Crippen molar-refractivity contribution in [2.75, 3.05) is 5.32 Å². The van der Waals surface area contributed by atoms with E-state index in [1.807, 2.05) is 0 Å². The highest BCUT2D eigenvalue weighted by molar-refractivity contribution is 6.04. The van der Waals surface area contributed by atoms with E-state index in [1.165, 1.54) is 30.3 Å². The third kappa shape index (κ3) is 3.17. The molecule has 0 heterocycles. The molecule has 0 saturated heterocycles. The van der Waals surface area contributed by atoms with Crippen LogP contribution in [-0.4, -0.2) is 22.1 Å². The van der Waals surface area contributed by atoms with Gasteiger partial charge in [0.2, 0.25) is 0 Å². The Morgan fingerprint density at radius 1 is 1.14 bits per heavy atom. The van der Waals surface area contributed by atoms with Gasteiger partial charge in [-0.2, -0.15) is 0 Å². The average molecular weight is 289 g/mol. The summed E-state index contributed by atoms with van der Waals surface area (Å²) in [6.07, 6.45) is 0. The first-order chi connectivity index (χ1) is 9.88. The quantitative estimate of drug-likeness (QED) is 0.811. The number of phenols is 1. The first-order valence-corrected chi connectivity index (χ1v) is 6.02. The molecule has 21 heavy (non-hydrogen) atoms. The van der Waals surface area contributed by atoms with E-state index in [4.69, 9.17) is 5.11 Å². The number of carboxylic acids is 1. The lowest BCUT2D eigenvalue weighted by molar-refractivity contribution is 0.0693. The Kier molecular flexibility index (Phi) is 3.89. The molecule has 0 aromatic heterocycles. The summed E-state index contributed by atoms with van der Waals surface area (Å²) in [5.41, 5.74) is 0.581. The monoisotopic (exact) mass is 289 g/mol. The van der Waals surface area contributed by atoms with Crippen LogP contribution in [0.2, 0.25) is 0 Å². The molecule has 0 saturated carbocycles. The largest absolute Gasteiger partial charge is 0.507 e. The van der Waals surface area contributed by atoms with Crippen molar-refractivity contribution < 1.29 is 24.2 Å². The Hall–Kier alpha value is -2.89. The number of amides is 1. The second-order valence-corrected chi connectivity index (χ2v) is 4.46. The Morgan fingerprint density at radius 2 is 1.86 bits per heavy atom. The third-order valence-corrected chi connectivity index (χ3v) is 2.91. The lowest BCUT2D eigenvalue weighted by atomic mass is 10.1. The van der Waals surface area contributed by atoms with Crippen LogP contribution in [0.5, 0.6) is 5.75 Å². The number of hydrogen-bond acceptors (Lipinski definition) is 3. The van der Waals surface area contributed by atoms with E-state index in [9.17, 15) is 19.1 Å². The molecule has 0 unspecified atom stereocenters. The van der Waals surface area contributed by atoms with E-state index in [1.54, 1.807) is 6.92 Å². The van der Waals surface area contributed by atoms with Crippen molar-refractivity contribution in [3.63, 3.8) is 0 Å². The van der Waals surface area contributed by atoms with Crippen LogP contribution in [-0.2, 0) is 0 Å². The molecule has 2 aromatic rings. The molecule has 0 radical (unpaired) electrons. The molecule has 1 amide bonds. The van der Waals surface area contributed by atoms with Gasteiger partial charge in [-0.25, -0.2) is 9.18 Å². The Balaban J connectivity index is 2.21. The maximum atomic E-state index is 13.1. The van der Waals surface area contributed by atoms with Gasteiger partial charge in [0, 0.05) is 17.3 Å². The summed E-state index contributed by atoms with van der Waals surface area (Å²) in [4.78, 5) is 22.7. The molecule has 6 heteroatoms. The van der Waals surface area contributed by atoms with Gasteiger partial charge in [0.25, 0.3) is 5.91 Å². The zero-order valence-corrected chi connectivity index (χ0v) is 11.1. The minimum absolute atomic E-state index is 0.240. The van der Waals surface area contributed by atoms with Gasteiger partial charge in [-0.05, 0) is 42.8 Å². The minimum Gasteiger partial charge on any atom is -0.507 e. The summed E-state index contributed by atoms with van der Waals surface area (Å²) in [6, 6.07) is 7.60. The zero-order chi connectivity index (χ0) is 15.6. The molecule has 2 aromatic carbocycles. The molecular weight excluding hydrogens is 277 g/mol. The number of rotatable bonds is 3. The second-order valence-electron chi connectivity index (χ2n) is 4.46. The fourth-order valence-electron chi connectivity index (χ4n) is 1.78. The smallest absolute Gasteiger partial charge is 0.339 e. The van der Waals surface area contributed by atoms with Crippen molar-refractivity contribution in [2.45, 2.75) is 6.92 Å². The molecule has 0 aliphatic carbocycles. The summed E-state index contributed by atoms with van der Waals surface area (Å²) in [5.74, 6) is -2.61. The molecule has 0 spiro atoms. The number of anilines is 1. The number of benzene rings is 2. The van der Waals surface area contributed by atoms with Crippen LogP contribution in [0.3, 0.4) is 0 Å². The van der Waals surface area contributed by atoms with Gasteiger partial charge >= 0.3 is 5.97 Å². The highest BCUT2D eigenvalue weighted by Gasteiger charge is 2.12. The van der Waals surface area contributed by atoms with E-state index >= 15 is 0 Å². The Bertz CT molecular complexity index is 728. The lowest BCUT2D eigenvalue weighted by Crippen LogP contribution is -2.12. The first kappa shape index (κ1) is 14.5. The maximum absolute atomic E-state index is 13.1. The van der Waals surface area contributed by atoms with Crippen LogP contribution < -0.4 is 5.32 Å². The van der Waals surface area contributed by atoms with Crippen molar-refractivity contribution in [1.82, 2.24) is 0 Å². The van der Waals surface area contributed by atoms with Gasteiger partial charge in [-0.15, -0.1) is 0 Å². The minimum atomic E-state index is -1.26. The summed E-state index contributed by atoms with van der Waals surface area (Å²) < 4.78 is 13.1. The SMILES string of the molecule is Cc1cc(C(=O)Nc2ccc(C(=O)O)c(O)c2)ccc1F. The standard InChI is InChI=1S/C15H12FNO4/c1-8-6-9(2-5-12(8)16)14(19)17-10-3-4-11(15(20)21)13(18)7-10/h2-7,18H,1H3,(H,17,19)(H,20,21). The Labute approximate surface area is 119 Å². The summed E-state index contributed by atoms with van der Waals surface area (Å²) in [7, 11) is 0. The van der Waals surface area contributed by atoms with Gasteiger partial charge in [0.05, 0.1) is 0 Å². The highest BCUT2D eigenvalue weighted by atomic mass is 19.1. The topological polar surface area (TPSA) is 86.6 Å². The van der Waals surface area contributed by atoms with Crippen molar-refractivity contribution >= 4 is 17.6 Å².